The molecule has 0 saturated heterocycles. The summed E-state index contributed by atoms with van der Waals surface area (Å²) in [5, 5.41) is 5.71. The molecule has 0 aliphatic heterocycles. The molecule has 0 aliphatic carbocycles. The summed E-state index contributed by atoms with van der Waals surface area (Å²) in [7, 11) is 0. The Morgan fingerprint density at radius 2 is 1.06 bits per heavy atom. The van der Waals surface area contributed by atoms with Crippen molar-refractivity contribution < 1.29 is 9.59 Å². The van der Waals surface area contributed by atoms with E-state index in [1.165, 1.54) is 0 Å². The number of benzene rings is 2. The fraction of sp³-hybridized carbons (Fsp3) is 0. The number of amides is 2. The minimum absolute atomic E-state index is 0.266. The van der Waals surface area contributed by atoms with Crippen LogP contribution in [0.4, 0.5) is 11.4 Å². The molecule has 0 saturated carbocycles. The van der Waals surface area contributed by atoms with Crippen LogP contribution in [0.1, 0.15) is 21.0 Å². The van der Waals surface area contributed by atoms with Crippen molar-refractivity contribution in [2.24, 2.45) is 0 Å². The van der Waals surface area contributed by atoms with Crippen LogP contribution >= 0.6 is 23.2 Å². The molecule has 3 heterocycles. The van der Waals surface area contributed by atoms with Gasteiger partial charge in [-0.3, -0.25) is 28.0 Å². The zero-order valence-electron chi connectivity index (χ0n) is 17.0. The SMILES string of the molecule is O=C(Nc1ccccc1Cl)c1ncn2c(=O)c3c(C(=O)Nc4ccccc4Cl)ncn3c(=O)c12. The Balaban J connectivity index is 1.59. The molecule has 0 radical (unpaired) electrons. The highest BCUT2D eigenvalue weighted by Crippen LogP contribution is 2.22. The lowest BCUT2D eigenvalue weighted by Gasteiger charge is -2.06. The second kappa shape index (κ2) is 8.25. The smallest absolute Gasteiger partial charge is 0.283 e. The molecule has 2 aromatic carbocycles. The quantitative estimate of drug-likeness (QED) is 0.395. The van der Waals surface area contributed by atoms with E-state index in [9.17, 15) is 19.2 Å². The van der Waals surface area contributed by atoms with E-state index in [1.807, 2.05) is 0 Å². The van der Waals surface area contributed by atoms with Crippen LogP contribution in [-0.2, 0) is 0 Å². The molecular weight excluding hydrogens is 483 g/mol. The number of nitrogens with one attached hydrogen (secondary N) is 2. The summed E-state index contributed by atoms with van der Waals surface area (Å²) >= 11 is 12.1. The number of aromatic nitrogens is 4. The van der Waals surface area contributed by atoms with Crippen molar-refractivity contribution in [1.29, 1.82) is 0 Å². The predicted octanol–water partition coefficient (Wildman–Crippen LogP) is 2.95. The molecule has 5 aromatic rings. The third-order valence-corrected chi connectivity index (χ3v) is 5.71. The first-order valence-corrected chi connectivity index (χ1v) is 10.5. The molecule has 5 rings (SSSR count). The monoisotopic (exact) mass is 494 g/mol. The standard InChI is InChI=1S/C22H12Cl2N6O4/c23-11-5-1-3-7-13(11)27-19(31)15-17-21(33)30-10-26-16(18(30)22(34)29(17)9-25-15)20(32)28-14-8-4-2-6-12(14)24/h1-10H,(H,27,31)(H,28,32). The molecule has 0 aliphatic rings. The van der Waals surface area contributed by atoms with E-state index in [-0.39, 0.29) is 32.5 Å². The summed E-state index contributed by atoms with van der Waals surface area (Å²) in [6, 6.07) is 13.1. The number of imidazole rings is 2. The molecule has 168 valence electrons. The molecule has 3 aromatic heterocycles. The number of para-hydroxylation sites is 2. The Hall–Kier alpha value is -4.28. The van der Waals surface area contributed by atoms with Gasteiger partial charge in [0.15, 0.2) is 11.4 Å². The first-order chi connectivity index (χ1) is 16.4. The summed E-state index contributed by atoms with van der Waals surface area (Å²) in [4.78, 5) is 59.8. The molecule has 0 spiro atoms. The van der Waals surface area contributed by atoms with Gasteiger partial charge in [0.2, 0.25) is 0 Å². The van der Waals surface area contributed by atoms with E-state index < -0.39 is 22.9 Å². The first-order valence-electron chi connectivity index (χ1n) is 9.72. The van der Waals surface area contributed by atoms with Crippen LogP contribution in [0.5, 0.6) is 0 Å². The van der Waals surface area contributed by atoms with Crippen LogP contribution in [0.15, 0.2) is 70.8 Å². The Morgan fingerprint density at radius 3 is 1.44 bits per heavy atom. The van der Waals surface area contributed by atoms with Crippen molar-refractivity contribution in [2.75, 3.05) is 10.6 Å². The van der Waals surface area contributed by atoms with Crippen LogP contribution in [0.25, 0.3) is 11.0 Å². The number of nitrogens with zero attached hydrogens (tertiary/aromatic N) is 4. The maximum Gasteiger partial charge on any atom is 0.283 e. The number of carbonyl (C=O) groups is 2. The highest BCUT2D eigenvalue weighted by atomic mass is 35.5. The van der Waals surface area contributed by atoms with Crippen LogP contribution in [0.3, 0.4) is 0 Å². The van der Waals surface area contributed by atoms with Gasteiger partial charge in [-0.15, -0.1) is 0 Å². The van der Waals surface area contributed by atoms with Crippen LogP contribution in [0, 0.1) is 0 Å². The van der Waals surface area contributed by atoms with Crippen molar-refractivity contribution >= 4 is 57.4 Å². The van der Waals surface area contributed by atoms with Crippen molar-refractivity contribution in [3.63, 3.8) is 0 Å². The number of carbonyl (C=O) groups excluding carboxylic acids is 2. The lowest BCUT2D eigenvalue weighted by molar-refractivity contribution is 0.101. The number of hydrogen-bond acceptors (Lipinski definition) is 6. The molecule has 0 unspecified atom stereocenters. The van der Waals surface area contributed by atoms with Crippen molar-refractivity contribution in [3.05, 3.63) is 103 Å². The molecule has 0 bridgehead atoms. The maximum atomic E-state index is 13.2. The highest BCUT2D eigenvalue weighted by Gasteiger charge is 2.25. The summed E-state index contributed by atoms with van der Waals surface area (Å²) in [5.41, 5.74) is -1.96. The van der Waals surface area contributed by atoms with Crippen molar-refractivity contribution in [2.45, 2.75) is 0 Å². The zero-order chi connectivity index (χ0) is 24.0. The van der Waals surface area contributed by atoms with Gasteiger partial charge in [0.1, 0.15) is 23.7 Å². The number of halogens is 2. The number of fused-ring (bicyclic) bond motifs is 2. The fourth-order valence-corrected chi connectivity index (χ4v) is 3.83. The number of hydrogen-bond donors (Lipinski definition) is 2. The Kier molecular flexibility index (Phi) is 5.23. The Morgan fingerprint density at radius 1 is 0.676 bits per heavy atom. The van der Waals surface area contributed by atoms with Crippen LogP contribution < -0.4 is 21.8 Å². The van der Waals surface area contributed by atoms with Crippen LogP contribution in [0.2, 0.25) is 10.0 Å². The third-order valence-electron chi connectivity index (χ3n) is 5.05. The lowest BCUT2D eigenvalue weighted by Crippen LogP contribution is -2.28. The average Bonchev–Trinajstić information content (AvgIpc) is 3.46. The molecule has 0 fully saturated rings. The topological polar surface area (TPSA) is 127 Å². The Labute approximate surface area is 199 Å². The highest BCUT2D eigenvalue weighted by molar-refractivity contribution is 6.34. The largest absolute Gasteiger partial charge is 0.319 e. The van der Waals surface area contributed by atoms with Gasteiger partial charge < -0.3 is 10.6 Å². The Bertz CT molecular complexity index is 1600. The minimum atomic E-state index is -0.749. The fourth-order valence-electron chi connectivity index (χ4n) is 3.46. The van der Waals surface area contributed by atoms with E-state index in [0.29, 0.717) is 11.4 Å². The number of rotatable bonds is 4. The van der Waals surface area contributed by atoms with Crippen molar-refractivity contribution in [1.82, 2.24) is 18.8 Å². The van der Waals surface area contributed by atoms with Crippen LogP contribution in [-0.4, -0.2) is 30.6 Å². The molecule has 34 heavy (non-hydrogen) atoms. The second-order valence-electron chi connectivity index (χ2n) is 7.10. The second-order valence-corrected chi connectivity index (χ2v) is 7.92. The van der Waals surface area contributed by atoms with Gasteiger partial charge in [-0.25, -0.2) is 9.97 Å². The molecule has 2 amide bonds. The van der Waals surface area contributed by atoms with E-state index in [4.69, 9.17) is 23.2 Å². The average molecular weight is 495 g/mol. The molecular formula is C22H12Cl2N6O4. The molecule has 0 atom stereocenters. The molecule has 10 nitrogen and oxygen atoms in total. The van der Waals surface area contributed by atoms with Gasteiger partial charge in [-0.2, -0.15) is 0 Å². The van der Waals surface area contributed by atoms with E-state index in [2.05, 4.69) is 20.6 Å². The summed E-state index contributed by atoms with van der Waals surface area (Å²) in [5.74, 6) is -1.47. The van der Waals surface area contributed by atoms with Crippen molar-refractivity contribution in [3.8, 4) is 0 Å². The molecule has 12 heteroatoms. The first kappa shape index (κ1) is 21.6. The van der Waals surface area contributed by atoms with E-state index in [1.54, 1.807) is 48.5 Å². The third kappa shape index (κ3) is 3.45. The summed E-state index contributed by atoms with van der Waals surface area (Å²) < 4.78 is 1.82. The van der Waals surface area contributed by atoms with Gasteiger partial charge in [-0.1, -0.05) is 47.5 Å². The predicted molar refractivity (Wildman–Crippen MR) is 126 cm³/mol. The maximum absolute atomic E-state index is 13.2. The van der Waals surface area contributed by atoms with Gasteiger partial charge >= 0.3 is 0 Å². The van der Waals surface area contributed by atoms with Gasteiger partial charge in [0.05, 0.1) is 21.4 Å². The lowest BCUT2D eigenvalue weighted by atomic mass is 10.2. The molecule has 2 N–H and O–H groups in total. The number of anilines is 2. The normalized spacial score (nSPS) is 11.1. The summed E-state index contributed by atoms with van der Waals surface area (Å²) in [6.07, 6.45) is 2.09. The van der Waals surface area contributed by atoms with E-state index >= 15 is 0 Å². The van der Waals surface area contributed by atoms with Gasteiger partial charge in [-0.05, 0) is 24.3 Å². The van der Waals surface area contributed by atoms with E-state index in [0.717, 1.165) is 21.5 Å². The van der Waals surface area contributed by atoms with Gasteiger partial charge in [0, 0.05) is 0 Å². The van der Waals surface area contributed by atoms with Gasteiger partial charge in [0.25, 0.3) is 22.9 Å². The zero-order valence-corrected chi connectivity index (χ0v) is 18.5. The summed E-state index contributed by atoms with van der Waals surface area (Å²) in [6.45, 7) is 0. The minimum Gasteiger partial charge on any atom is -0.319 e.